The maximum absolute atomic E-state index is 13.3. The molecular weight excluding hydrogens is 389 g/mol. The van der Waals surface area contributed by atoms with Crippen LogP contribution in [0, 0.1) is 5.82 Å². The van der Waals surface area contributed by atoms with Gasteiger partial charge in [0.05, 0.1) is 4.90 Å². The summed E-state index contributed by atoms with van der Waals surface area (Å²) in [6, 6.07) is 11.2. The average Bonchev–Trinajstić information content (AvgIpc) is 3.05. The van der Waals surface area contributed by atoms with E-state index in [-0.39, 0.29) is 34.2 Å². The number of benzene rings is 2. The van der Waals surface area contributed by atoms with E-state index in [1.807, 2.05) is 0 Å². The lowest BCUT2D eigenvalue weighted by atomic mass is 10.1. The van der Waals surface area contributed by atoms with Gasteiger partial charge in [-0.15, -0.1) is 0 Å². The summed E-state index contributed by atoms with van der Waals surface area (Å²) in [5.74, 6) is -1.14. The van der Waals surface area contributed by atoms with Crippen LogP contribution >= 0.6 is 0 Å². The first kappa shape index (κ1) is 19.7. The minimum Gasteiger partial charge on any atom is -0.439 e. The van der Waals surface area contributed by atoms with Gasteiger partial charge in [-0.05, 0) is 36.4 Å². The van der Waals surface area contributed by atoms with Crippen LogP contribution in [0.2, 0.25) is 0 Å². The Labute approximate surface area is 160 Å². The van der Waals surface area contributed by atoms with E-state index >= 15 is 0 Å². The maximum Gasteiger partial charge on any atom is 0.254 e. The molecule has 0 aliphatic rings. The number of aromatic nitrogens is 1. The van der Waals surface area contributed by atoms with Crippen molar-refractivity contribution < 1.29 is 27.2 Å². The molecule has 0 aliphatic carbocycles. The summed E-state index contributed by atoms with van der Waals surface area (Å²) >= 11 is 0. The second-order valence-corrected chi connectivity index (χ2v) is 7.46. The predicted octanol–water partition coefficient (Wildman–Crippen LogP) is 2.19. The van der Waals surface area contributed by atoms with Crippen molar-refractivity contribution >= 4 is 15.9 Å². The SMILES string of the molecule is CN(O)C(=O)Cc1nc(-c2ccc(F)cc2)c(-c2ccccc2S(N)(=O)=O)o1. The van der Waals surface area contributed by atoms with Crippen molar-refractivity contribution in [1.29, 1.82) is 0 Å². The highest BCUT2D eigenvalue weighted by atomic mass is 32.2. The Morgan fingerprint density at radius 1 is 1.21 bits per heavy atom. The van der Waals surface area contributed by atoms with Crippen LogP contribution in [0.3, 0.4) is 0 Å². The average molecular weight is 405 g/mol. The highest BCUT2D eigenvalue weighted by Crippen LogP contribution is 2.36. The van der Waals surface area contributed by atoms with Gasteiger partial charge in [0, 0.05) is 18.2 Å². The van der Waals surface area contributed by atoms with Crippen LogP contribution < -0.4 is 5.14 Å². The molecule has 3 rings (SSSR count). The van der Waals surface area contributed by atoms with Crippen LogP contribution in [0.5, 0.6) is 0 Å². The molecule has 28 heavy (non-hydrogen) atoms. The quantitative estimate of drug-likeness (QED) is 0.495. The lowest BCUT2D eigenvalue weighted by molar-refractivity contribution is -0.158. The minimum absolute atomic E-state index is 0.0514. The molecule has 0 saturated carbocycles. The minimum atomic E-state index is -4.08. The first-order valence-corrected chi connectivity index (χ1v) is 9.54. The topological polar surface area (TPSA) is 127 Å². The monoisotopic (exact) mass is 405 g/mol. The Morgan fingerprint density at radius 2 is 1.86 bits per heavy atom. The molecule has 0 unspecified atom stereocenters. The molecule has 1 heterocycles. The molecule has 0 fully saturated rings. The highest BCUT2D eigenvalue weighted by molar-refractivity contribution is 7.89. The first-order valence-electron chi connectivity index (χ1n) is 8.00. The second-order valence-electron chi connectivity index (χ2n) is 5.93. The van der Waals surface area contributed by atoms with Gasteiger partial charge in [0.15, 0.2) is 5.76 Å². The van der Waals surface area contributed by atoms with Gasteiger partial charge in [-0.2, -0.15) is 0 Å². The van der Waals surface area contributed by atoms with Crippen LogP contribution in [0.1, 0.15) is 5.89 Å². The van der Waals surface area contributed by atoms with Gasteiger partial charge in [-0.1, -0.05) is 12.1 Å². The van der Waals surface area contributed by atoms with E-state index in [1.165, 1.54) is 42.5 Å². The molecule has 0 bridgehead atoms. The number of primary sulfonamides is 1. The Hall–Kier alpha value is -3.08. The van der Waals surface area contributed by atoms with Crippen LogP contribution in [-0.2, 0) is 21.2 Å². The zero-order chi connectivity index (χ0) is 20.5. The Bertz CT molecular complexity index is 1120. The maximum atomic E-state index is 13.3. The van der Waals surface area contributed by atoms with Crippen LogP contribution in [0.4, 0.5) is 4.39 Å². The molecule has 10 heteroatoms. The summed E-state index contributed by atoms with van der Waals surface area (Å²) in [6.07, 6.45) is -0.362. The van der Waals surface area contributed by atoms with E-state index < -0.39 is 21.7 Å². The Kier molecular flexibility index (Phi) is 5.27. The van der Waals surface area contributed by atoms with Crippen molar-refractivity contribution in [2.45, 2.75) is 11.3 Å². The number of rotatable bonds is 5. The molecule has 0 atom stereocenters. The largest absolute Gasteiger partial charge is 0.439 e. The molecular formula is C18H16FN3O5S. The van der Waals surface area contributed by atoms with Crippen molar-refractivity contribution in [2.75, 3.05) is 7.05 Å². The summed E-state index contributed by atoms with van der Waals surface area (Å²) in [7, 11) is -2.92. The van der Waals surface area contributed by atoms with Gasteiger partial charge >= 0.3 is 0 Å². The van der Waals surface area contributed by atoms with Gasteiger partial charge < -0.3 is 4.42 Å². The smallest absolute Gasteiger partial charge is 0.254 e. The molecule has 1 aromatic heterocycles. The van der Waals surface area contributed by atoms with E-state index in [2.05, 4.69) is 4.98 Å². The molecule has 8 nitrogen and oxygen atoms in total. The number of carbonyl (C=O) groups excluding carboxylic acids is 1. The van der Waals surface area contributed by atoms with Crippen molar-refractivity contribution in [3.63, 3.8) is 0 Å². The second kappa shape index (κ2) is 7.50. The normalized spacial score (nSPS) is 11.4. The molecule has 3 aromatic rings. The number of likely N-dealkylation sites (N-methyl/N-ethyl adjacent to an activating group) is 1. The van der Waals surface area contributed by atoms with Crippen molar-refractivity contribution in [3.05, 3.63) is 60.2 Å². The van der Waals surface area contributed by atoms with Crippen LogP contribution in [0.25, 0.3) is 22.6 Å². The third-order valence-electron chi connectivity index (χ3n) is 3.89. The fourth-order valence-corrected chi connectivity index (χ4v) is 3.31. The summed E-state index contributed by atoms with van der Waals surface area (Å²) < 4.78 is 42.9. The van der Waals surface area contributed by atoms with Crippen LogP contribution in [0.15, 0.2) is 57.8 Å². The zero-order valence-electron chi connectivity index (χ0n) is 14.7. The molecule has 146 valence electrons. The zero-order valence-corrected chi connectivity index (χ0v) is 15.5. The summed E-state index contributed by atoms with van der Waals surface area (Å²) in [4.78, 5) is 15.8. The van der Waals surface area contributed by atoms with Gasteiger partial charge in [0.2, 0.25) is 15.9 Å². The molecule has 2 aromatic carbocycles. The van der Waals surface area contributed by atoms with E-state index in [4.69, 9.17) is 9.56 Å². The number of hydroxylamine groups is 2. The molecule has 3 N–H and O–H groups in total. The number of sulfonamides is 1. The number of amides is 1. The fourth-order valence-electron chi connectivity index (χ4n) is 2.57. The van der Waals surface area contributed by atoms with Crippen molar-refractivity contribution in [3.8, 4) is 22.6 Å². The van der Waals surface area contributed by atoms with Gasteiger partial charge in [-0.3, -0.25) is 10.0 Å². The van der Waals surface area contributed by atoms with Gasteiger partial charge in [0.25, 0.3) is 5.91 Å². The standard InChI is InChI=1S/C18H16FN3O5S/c1-22(24)16(23)10-15-21-17(11-6-8-12(19)9-7-11)18(27-15)13-4-2-3-5-14(13)28(20,25)26/h2-9,24H,10H2,1H3,(H2,20,25,26). The van der Waals surface area contributed by atoms with Gasteiger partial charge in [-0.25, -0.2) is 28.0 Å². The van der Waals surface area contributed by atoms with E-state index in [0.29, 0.717) is 10.6 Å². The number of nitrogens with two attached hydrogens (primary N) is 1. The molecule has 0 saturated heterocycles. The molecule has 0 radical (unpaired) electrons. The van der Waals surface area contributed by atoms with E-state index in [9.17, 15) is 22.8 Å². The van der Waals surface area contributed by atoms with E-state index in [1.54, 1.807) is 6.07 Å². The number of halogens is 1. The molecule has 0 aliphatic heterocycles. The first-order chi connectivity index (χ1) is 13.2. The molecule has 0 spiro atoms. The predicted molar refractivity (Wildman–Crippen MR) is 97.0 cm³/mol. The van der Waals surface area contributed by atoms with Gasteiger partial charge in [0.1, 0.15) is 17.9 Å². The summed E-state index contributed by atoms with van der Waals surface area (Å²) in [5, 5.41) is 14.9. The Balaban J connectivity index is 2.21. The van der Waals surface area contributed by atoms with Crippen molar-refractivity contribution in [1.82, 2.24) is 10.0 Å². The number of nitrogens with zero attached hydrogens (tertiary/aromatic N) is 2. The van der Waals surface area contributed by atoms with E-state index in [0.717, 1.165) is 7.05 Å². The summed E-state index contributed by atoms with van der Waals surface area (Å²) in [6.45, 7) is 0. The molecule has 1 amide bonds. The fraction of sp³-hybridized carbons (Fsp3) is 0.111. The highest BCUT2D eigenvalue weighted by Gasteiger charge is 2.24. The lowest BCUT2D eigenvalue weighted by Gasteiger charge is -2.07. The number of carbonyl (C=O) groups is 1. The van der Waals surface area contributed by atoms with Crippen LogP contribution in [-0.4, -0.2) is 36.6 Å². The lowest BCUT2D eigenvalue weighted by Crippen LogP contribution is -2.24. The Morgan fingerprint density at radius 3 is 2.46 bits per heavy atom. The number of hydrogen-bond donors (Lipinski definition) is 2. The summed E-state index contributed by atoms with van der Waals surface area (Å²) in [5.41, 5.74) is 0.799. The third kappa shape index (κ3) is 4.09. The number of oxazole rings is 1. The third-order valence-corrected chi connectivity index (χ3v) is 4.86. The van der Waals surface area contributed by atoms with Crippen molar-refractivity contribution in [2.24, 2.45) is 5.14 Å². The number of hydrogen-bond acceptors (Lipinski definition) is 6.